The molecule has 0 saturated heterocycles. The summed E-state index contributed by atoms with van der Waals surface area (Å²) < 4.78 is 7.88. The summed E-state index contributed by atoms with van der Waals surface area (Å²) in [5, 5.41) is 0. The second-order valence-corrected chi connectivity index (χ2v) is 6.92. The van der Waals surface area contributed by atoms with E-state index in [1.165, 1.54) is 18.4 Å². The number of benzene rings is 1. The fraction of sp³-hybridized carbons (Fsp3) is 0.312. The molecule has 2 N–H and O–H groups in total. The summed E-state index contributed by atoms with van der Waals surface area (Å²) in [6, 6.07) is 7.97. The number of aromatic nitrogens is 1. The van der Waals surface area contributed by atoms with Gasteiger partial charge in [-0.3, -0.25) is 0 Å². The number of rotatable bonds is 3. The molecular formula is C16H16Br2N2O. The van der Waals surface area contributed by atoms with E-state index < -0.39 is 0 Å². The van der Waals surface area contributed by atoms with Crippen molar-refractivity contribution in [3.8, 4) is 11.6 Å². The van der Waals surface area contributed by atoms with Gasteiger partial charge in [0.05, 0.1) is 4.47 Å². The van der Waals surface area contributed by atoms with Crippen LogP contribution in [0.3, 0.4) is 0 Å². The van der Waals surface area contributed by atoms with Gasteiger partial charge in [-0.2, -0.15) is 0 Å². The molecule has 1 aliphatic rings. The molecule has 110 valence electrons. The van der Waals surface area contributed by atoms with Crippen molar-refractivity contribution in [2.45, 2.75) is 32.2 Å². The molecule has 0 aliphatic heterocycles. The Bertz CT molecular complexity index is 674. The van der Waals surface area contributed by atoms with Crippen LogP contribution in [0, 0.1) is 0 Å². The quantitative estimate of drug-likeness (QED) is 0.793. The third-order valence-corrected chi connectivity index (χ3v) is 4.77. The highest BCUT2D eigenvalue weighted by Crippen LogP contribution is 2.34. The molecule has 3 rings (SSSR count). The van der Waals surface area contributed by atoms with Crippen molar-refractivity contribution in [2.75, 3.05) is 0 Å². The molecule has 1 aliphatic carbocycles. The molecule has 0 unspecified atom stereocenters. The zero-order valence-electron chi connectivity index (χ0n) is 11.5. The molecule has 0 atom stereocenters. The lowest BCUT2D eigenvalue weighted by molar-refractivity contribution is 0.448. The molecule has 0 bridgehead atoms. The maximum Gasteiger partial charge on any atom is 0.224 e. The van der Waals surface area contributed by atoms with E-state index >= 15 is 0 Å². The molecule has 3 nitrogen and oxygen atoms in total. The van der Waals surface area contributed by atoms with Crippen molar-refractivity contribution in [1.82, 2.24) is 4.98 Å². The fourth-order valence-corrected chi connectivity index (χ4v) is 3.69. The first-order chi connectivity index (χ1) is 10.2. The minimum atomic E-state index is 0.434. The average molecular weight is 412 g/mol. The smallest absolute Gasteiger partial charge is 0.224 e. The van der Waals surface area contributed by atoms with Gasteiger partial charge in [0.1, 0.15) is 5.75 Å². The van der Waals surface area contributed by atoms with Gasteiger partial charge in [0.2, 0.25) is 5.88 Å². The Morgan fingerprint density at radius 3 is 2.71 bits per heavy atom. The highest BCUT2D eigenvalue weighted by molar-refractivity contribution is 9.11. The number of fused-ring (bicyclic) bond motifs is 1. The lowest BCUT2D eigenvalue weighted by Gasteiger charge is -2.18. The molecule has 0 amide bonds. The van der Waals surface area contributed by atoms with E-state index in [4.69, 9.17) is 15.5 Å². The van der Waals surface area contributed by atoms with Gasteiger partial charge in [-0.15, -0.1) is 0 Å². The standard InChI is InChI=1S/C16H16Br2N2O/c17-12-5-6-15(13(18)8-12)21-16-11(9-19)7-10-3-1-2-4-14(10)20-16/h5-8H,1-4,9,19H2. The number of hydrogen-bond donors (Lipinski definition) is 1. The first kappa shape index (κ1) is 15.0. The van der Waals surface area contributed by atoms with Gasteiger partial charge in [-0.25, -0.2) is 4.98 Å². The summed E-state index contributed by atoms with van der Waals surface area (Å²) in [6.07, 6.45) is 4.55. The predicted molar refractivity (Wildman–Crippen MR) is 90.7 cm³/mol. The molecule has 0 radical (unpaired) electrons. The van der Waals surface area contributed by atoms with Crippen LogP contribution in [0.2, 0.25) is 0 Å². The van der Waals surface area contributed by atoms with Crippen LogP contribution in [0.5, 0.6) is 11.6 Å². The molecule has 5 heteroatoms. The fourth-order valence-electron chi connectivity index (χ4n) is 2.56. The Morgan fingerprint density at radius 1 is 1.14 bits per heavy atom. The number of halogens is 2. The topological polar surface area (TPSA) is 48.1 Å². The van der Waals surface area contributed by atoms with Crippen molar-refractivity contribution in [3.05, 3.63) is 50.0 Å². The van der Waals surface area contributed by atoms with Crippen LogP contribution >= 0.6 is 31.9 Å². The van der Waals surface area contributed by atoms with Crippen molar-refractivity contribution < 1.29 is 4.74 Å². The molecule has 1 aromatic heterocycles. The van der Waals surface area contributed by atoms with Crippen LogP contribution in [0.4, 0.5) is 0 Å². The minimum Gasteiger partial charge on any atom is -0.437 e. The van der Waals surface area contributed by atoms with Gasteiger partial charge < -0.3 is 10.5 Å². The van der Waals surface area contributed by atoms with Gasteiger partial charge in [0, 0.05) is 22.3 Å². The van der Waals surface area contributed by atoms with Crippen molar-refractivity contribution in [3.63, 3.8) is 0 Å². The molecular weight excluding hydrogens is 396 g/mol. The summed E-state index contributed by atoms with van der Waals surface area (Å²) in [4.78, 5) is 4.71. The van der Waals surface area contributed by atoms with Gasteiger partial charge in [0.15, 0.2) is 0 Å². The Labute approximate surface area is 141 Å². The lowest BCUT2D eigenvalue weighted by atomic mass is 9.95. The Balaban J connectivity index is 1.97. The van der Waals surface area contributed by atoms with Crippen LogP contribution in [0.15, 0.2) is 33.2 Å². The van der Waals surface area contributed by atoms with Gasteiger partial charge in [0.25, 0.3) is 0 Å². The number of nitrogens with zero attached hydrogens (tertiary/aromatic N) is 1. The highest BCUT2D eigenvalue weighted by atomic mass is 79.9. The molecule has 0 fully saturated rings. The molecule has 0 saturated carbocycles. The maximum atomic E-state index is 5.99. The van der Waals surface area contributed by atoms with Gasteiger partial charge in [-0.05, 0) is 71.4 Å². The van der Waals surface area contributed by atoms with Crippen LogP contribution in [0.1, 0.15) is 29.7 Å². The van der Waals surface area contributed by atoms with Crippen LogP contribution < -0.4 is 10.5 Å². The largest absolute Gasteiger partial charge is 0.437 e. The summed E-state index contributed by atoms with van der Waals surface area (Å²) >= 11 is 6.95. The minimum absolute atomic E-state index is 0.434. The van der Waals surface area contributed by atoms with E-state index in [0.717, 1.165) is 38.8 Å². The van der Waals surface area contributed by atoms with E-state index in [-0.39, 0.29) is 0 Å². The summed E-state index contributed by atoms with van der Waals surface area (Å²) in [5.41, 5.74) is 9.30. The van der Waals surface area contributed by atoms with E-state index in [0.29, 0.717) is 12.4 Å². The monoisotopic (exact) mass is 410 g/mol. The summed E-state index contributed by atoms with van der Waals surface area (Å²) in [7, 11) is 0. The zero-order valence-corrected chi connectivity index (χ0v) is 14.7. The van der Waals surface area contributed by atoms with E-state index in [9.17, 15) is 0 Å². The van der Waals surface area contributed by atoms with Crippen LogP contribution in [0.25, 0.3) is 0 Å². The van der Waals surface area contributed by atoms with Crippen molar-refractivity contribution >= 4 is 31.9 Å². The average Bonchev–Trinajstić information content (AvgIpc) is 2.49. The molecule has 0 spiro atoms. The third-order valence-electron chi connectivity index (χ3n) is 3.66. The predicted octanol–water partition coefficient (Wildman–Crippen LogP) is 4.74. The number of aryl methyl sites for hydroxylation is 2. The first-order valence-electron chi connectivity index (χ1n) is 7.02. The lowest BCUT2D eigenvalue weighted by Crippen LogP contribution is -2.10. The van der Waals surface area contributed by atoms with E-state index in [1.54, 1.807) is 0 Å². The Hall–Kier alpha value is -0.910. The maximum absolute atomic E-state index is 5.99. The molecule has 21 heavy (non-hydrogen) atoms. The Kier molecular flexibility index (Phi) is 4.62. The number of hydrogen-bond acceptors (Lipinski definition) is 3. The first-order valence-corrected chi connectivity index (χ1v) is 8.60. The van der Waals surface area contributed by atoms with Crippen molar-refractivity contribution in [1.29, 1.82) is 0 Å². The normalized spacial score (nSPS) is 13.9. The molecule has 1 heterocycles. The molecule has 1 aromatic carbocycles. The summed E-state index contributed by atoms with van der Waals surface area (Å²) in [6.45, 7) is 0.434. The second-order valence-electron chi connectivity index (χ2n) is 5.15. The van der Waals surface area contributed by atoms with Crippen LogP contribution in [-0.4, -0.2) is 4.98 Å². The zero-order chi connectivity index (χ0) is 14.8. The van der Waals surface area contributed by atoms with E-state index in [1.807, 2.05) is 18.2 Å². The molecule has 2 aromatic rings. The van der Waals surface area contributed by atoms with Crippen molar-refractivity contribution in [2.24, 2.45) is 5.73 Å². The SMILES string of the molecule is NCc1cc2c(nc1Oc1ccc(Br)cc1Br)CCCC2. The van der Waals surface area contributed by atoms with E-state index in [2.05, 4.69) is 37.9 Å². The van der Waals surface area contributed by atoms with Gasteiger partial charge >= 0.3 is 0 Å². The second kappa shape index (κ2) is 6.46. The van der Waals surface area contributed by atoms with Gasteiger partial charge in [-0.1, -0.05) is 15.9 Å². The number of pyridine rings is 1. The van der Waals surface area contributed by atoms with Crippen LogP contribution in [-0.2, 0) is 19.4 Å². The number of ether oxygens (including phenoxy) is 1. The summed E-state index contributed by atoms with van der Waals surface area (Å²) in [5.74, 6) is 1.37. The number of nitrogens with two attached hydrogens (primary N) is 1. The third kappa shape index (κ3) is 3.30. The Morgan fingerprint density at radius 2 is 1.95 bits per heavy atom. The highest BCUT2D eigenvalue weighted by Gasteiger charge is 2.16.